The lowest BCUT2D eigenvalue weighted by Gasteiger charge is -2.06. The molecule has 0 fully saturated rings. The van der Waals surface area contributed by atoms with Gasteiger partial charge in [0.05, 0.1) is 4.92 Å². The monoisotopic (exact) mass is 273 g/mol. The number of aryl methyl sites for hydroxylation is 1. The summed E-state index contributed by atoms with van der Waals surface area (Å²) in [6.07, 6.45) is 1.54. The van der Waals surface area contributed by atoms with Crippen LogP contribution in [0.15, 0.2) is 36.5 Å². The molecule has 0 aliphatic carbocycles. The smallest absolute Gasteiger partial charge is 0.331 e. The minimum absolute atomic E-state index is 0.00182. The molecule has 0 aliphatic heterocycles. The van der Waals surface area contributed by atoms with Crippen molar-refractivity contribution in [1.82, 2.24) is 10.3 Å². The third-order valence-corrected chi connectivity index (χ3v) is 2.68. The van der Waals surface area contributed by atoms with E-state index in [4.69, 9.17) is 4.74 Å². The first-order valence-electron chi connectivity index (χ1n) is 6.12. The molecule has 1 aromatic carbocycles. The molecular formula is C14H15N3O3. The van der Waals surface area contributed by atoms with Gasteiger partial charge in [0, 0.05) is 18.8 Å². The third kappa shape index (κ3) is 3.30. The van der Waals surface area contributed by atoms with E-state index in [0.29, 0.717) is 11.3 Å². The molecule has 0 amide bonds. The molecule has 0 spiro atoms. The van der Waals surface area contributed by atoms with Crippen molar-refractivity contribution in [1.29, 1.82) is 0 Å². The van der Waals surface area contributed by atoms with Crippen LogP contribution in [-0.2, 0) is 6.54 Å². The van der Waals surface area contributed by atoms with Crippen molar-refractivity contribution in [3.8, 4) is 11.6 Å². The standard InChI is InChI=1S/C14H15N3O3/c1-10-7-13(17(18)19)14(16-8-10)20-12-5-3-11(4-6-12)9-15-2/h3-8,15H,9H2,1-2H3. The zero-order chi connectivity index (χ0) is 14.5. The molecule has 0 saturated heterocycles. The molecule has 20 heavy (non-hydrogen) atoms. The van der Waals surface area contributed by atoms with Gasteiger partial charge in [0.1, 0.15) is 5.75 Å². The summed E-state index contributed by atoms with van der Waals surface area (Å²) in [6, 6.07) is 8.76. The number of benzene rings is 1. The van der Waals surface area contributed by atoms with Crippen molar-refractivity contribution < 1.29 is 9.66 Å². The first kappa shape index (κ1) is 14.0. The molecule has 6 nitrogen and oxygen atoms in total. The predicted octanol–water partition coefficient (Wildman–Crippen LogP) is 2.81. The lowest BCUT2D eigenvalue weighted by atomic mass is 10.2. The highest BCUT2D eigenvalue weighted by atomic mass is 16.6. The molecule has 104 valence electrons. The maximum atomic E-state index is 11.0. The van der Waals surface area contributed by atoms with Crippen LogP contribution < -0.4 is 10.1 Å². The van der Waals surface area contributed by atoms with Crippen LogP contribution in [0.2, 0.25) is 0 Å². The van der Waals surface area contributed by atoms with E-state index in [1.807, 2.05) is 19.2 Å². The van der Waals surface area contributed by atoms with Crippen molar-refractivity contribution in [2.24, 2.45) is 0 Å². The van der Waals surface area contributed by atoms with Crippen LogP contribution in [0.4, 0.5) is 5.69 Å². The molecule has 1 heterocycles. The van der Waals surface area contributed by atoms with Crippen LogP contribution in [-0.4, -0.2) is 17.0 Å². The molecule has 0 saturated carbocycles. The van der Waals surface area contributed by atoms with E-state index in [1.165, 1.54) is 12.3 Å². The van der Waals surface area contributed by atoms with Crippen LogP contribution in [0.3, 0.4) is 0 Å². The SMILES string of the molecule is CNCc1ccc(Oc2ncc(C)cc2[N+](=O)[O-])cc1. The fraction of sp³-hybridized carbons (Fsp3) is 0.214. The molecule has 2 rings (SSSR count). The maximum Gasteiger partial charge on any atom is 0.331 e. The highest BCUT2D eigenvalue weighted by Crippen LogP contribution is 2.29. The van der Waals surface area contributed by atoms with E-state index in [0.717, 1.165) is 12.1 Å². The van der Waals surface area contributed by atoms with Gasteiger partial charge in [-0.25, -0.2) is 4.98 Å². The molecule has 0 radical (unpaired) electrons. The van der Waals surface area contributed by atoms with Gasteiger partial charge in [-0.15, -0.1) is 0 Å². The average Bonchev–Trinajstić information content (AvgIpc) is 2.43. The summed E-state index contributed by atoms with van der Waals surface area (Å²) in [5.41, 5.74) is 1.68. The van der Waals surface area contributed by atoms with Gasteiger partial charge in [0.25, 0.3) is 5.88 Å². The lowest BCUT2D eigenvalue weighted by molar-refractivity contribution is -0.386. The van der Waals surface area contributed by atoms with E-state index in [1.54, 1.807) is 19.1 Å². The van der Waals surface area contributed by atoms with Gasteiger partial charge < -0.3 is 10.1 Å². The summed E-state index contributed by atoms with van der Waals surface area (Å²) < 4.78 is 5.49. The van der Waals surface area contributed by atoms with Crippen LogP contribution in [0.1, 0.15) is 11.1 Å². The Kier molecular flexibility index (Phi) is 4.27. The quantitative estimate of drug-likeness (QED) is 0.669. The number of hydrogen-bond acceptors (Lipinski definition) is 5. The zero-order valence-electron chi connectivity index (χ0n) is 11.3. The van der Waals surface area contributed by atoms with E-state index in [-0.39, 0.29) is 11.6 Å². The Morgan fingerprint density at radius 2 is 2.05 bits per heavy atom. The van der Waals surface area contributed by atoms with Gasteiger partial charge in [-0.05, 0) is 37.2 Å². The molecule has 6 heteroatoms. The summed E-state index contributed by atoms with van der Waals surface area (Å²) in [5.74, 6) is 0.520. The minimum Gasteiger partial charge on any atom is -0.434 e. The highest BCUT2D eigenvalue weighted by Gasteiger charge is 2.17. The zero-order valence-corrected chi connectivity index (χ0v) is 11.3. The second-order valence-corrected chi connectivity index (χ2v) is 4.37. The molecule has 1 N–H and O–H groups in total. The molecule has 1 aromatic heterocycles. The molecule has 0 bridgehead atoms. The van der Waals surface area contributed by atoms with Gasteiger partial charge in [-0.3, -0.25) is 10.1 Å². The molecule has 0 atom stereocenters. The fourth-order valence-corrected chi connectivity index (χ4v) is 1.74. The Morgan fingerprint density at radius 1 is 1.35 bits per heavy atom. The van der Waals surface area contributed by atoms with Crippen molar-refractivity contribution >= 4 is 5.69 Å². The van der Waals surface area contributed by atoms with E-state index in [9.17, 15) is 10.1 Å². The van der Waals surface area contributed by atoms with Gasteiger partial charge in [0.15, 0.2) is 0 Å². The number of pyridine rings is 1. The predicted molar refractivity (Wildman–Crippen MR) is 74.9 cm³/mol. The summed E-state index contributed by atoms with van der Waals surface area (Å²) in [7, 11) is 1.87. The van der Waals surface area contributed by atoms with Crippen LogP contribution in [0.25, 0.3) is 0 Å². The van der Waals surface area contributed by atoms with Gasteiger partial charge in [-0.1, -0.05) is 12.1 Å². The van der Waals surface area contributed by atoms with Crippen molar-refractivity contribution in [3.63, 3.8) is 0 Å². The number of rotatable bonds is 5. The number of nitro groups is 1. The summed E-state index contributed by atoms with van der Waals surface area (Å²) in [4.78, 5) is 14.5. The van der Waals surface area contributed by atoms with E-state index in [2.05, 4.69) is 10.3 Å². The summed E-state index contributed by atoms with van der Waals surface area (Å²) in [6.45, 7) is 2.50. The Labute approximate surface area is 116 Å². The van der Waals surface area contributed by atoms with E-state index >= 15 is 0 Å². The normalized spacial score (nSPS) is 10.3. The molecular weight excluding hydrogens is 258 g/mol. The van der Waals surface area contributed by atoms with Gasteiger partial charge in [0.2, 0.25) is 0 Å². The number of aromatic nitrogens is 1. The third-order valence-electron chi connectivity index (χ3n) is 2.68. The van der Waals surface area contributed by atoms with E-state index < -0.39 is 4.92 Å². The Bertz CT molecular complexity index is 612. The second kappa shape index (κ2) is 6.12. The molecule has 2 aromatic rings. The average molecular weight is 273 g/mol. The number of nitrogens with one attached hydrogen (secondary N) is 1. The largest absolute Gasteiger partial charge is 0.434 e. The Balaban J connectivity index is 2.23. The van der Waals surface area contributed by atoms with Crippen LogP contribution in [0.5, 0.6) is 11.6 Å². The number of hydrogen-bond donors (Lipinski definition) is 1. The van der Waals surface area contributed by atoms with Crippen LogP contribution >= 0.6 is 0 Å². The highest BCUT2D eigenvalue weighted by molar-refractivity contribution is 5.45. The maximum absolute atomic E-state index is 11.0. The first-order valence-corrected chi connectivity index (χ1v) is 6.12. The van der Waals surface area contributed by atoms with Crippen molar-refractivity contribution in [2.45, 2.75) is 13.5 Å². The number of nitrogens with zero attached hydrogens (tertiary/aromatic N) is 2. The first-order chi connectivity index (χ1) is 9.60. The van der Waals surface area contributed by atoms with Gasteiger partial charge in [-0.2, -0.15) is 0 Å². The summed E-state index contributed by atoms with van der Waals surface area (Å²) in [5, 5.41) is 14.0. The lowest BCUT2D eigenvalue weighted by Crippen LogP contribution is -2.04. The Morgan fingerprint density at radius 3 is 2.65 bits per heavy atom. The number of ether oxygens (including phenoxy) is 1. The van der Waals surface area contributed by atoms with Crippen molar-refractivity contribution in [2.75, 3.05) is 7.05 Å². The topological polar surface area (TPSA) is 77.3 Å². The Hall–Kier alpha value is -2.47. The molecule has 0 unspecified atom stereocenters. The second-order valence-electron chi connectivity index (χ2n) is 4.37. The minimum atomic E-state index is -0.495. The van der Waals surface area contributed by atoms with Crippen LogP contribution in [0, 0.1) is 17.0 Å². The molecule has 0 aliphatic rings. The summed E-state index contributed by atoms with van der Waals surface area (Å²) >= 11 is 0. The fourth-order valence-electron chi connectivity index (χ4n) is 1.74. The van der Waals surface area contributed by atoms with Gasteiger partial charge >= 0.3 is 5.69 Å². The van der Waals surface area contributed by atoms with Crippen molar-refractivity contribution in [3.05, 3.63) is 57.8 Å².